The first-order chi connectivity index (χ1) is 8.63. The summed E-state index contributed by atoms with van der Waals surface area (Å²) in [5.41, 5.74) is 1.40. The Morgan fingerprint density at radius 3 is 1.78 bits per heavy atom. The molecule has 0 atom stereocenters. The van der Waals surface area contributed by atoms with Crippen molar-refractivity contribution >= 4 is 17.4 Å². The first-order valence-corrected chi connectivity index (χ1v) is 6.54. The molecule has 0 fully saturated rings. The van der Waals surface area contributed by atoms with Crippen LogP contribution in [0.5, 0.6) is 0 Å². The number of Topliss-reactive ketones (excluding diaryl/α,β-unsaturated/α-hetero) is 1. The lowest BCUT2D eigenvalue weighted by molar-refractivity contribution is -0.114. The zero-order chi connectivity index (χ0) is 14.6. The minimum atomic E-state index is -0.112. The normalized spacial score (nSPS) is 8.11. The van der Waals surface area contributed by atoms with Gasteiger partial charge in [-0.05, 0) is 24.3 Å². The fourth-order valence-electron chi connectivity index (χ4n) is 1.15. The van der Waals surface area contributed by atoms with Crippen LogP contribution in [0.4, 0.5) is 5.69 Å². The van der Waals surface area contributed by atoms with Crippen molar-refractivity contribution in [3.63, 3.8) is 0 Å². The van der Waals surface area contributed by atoms with Gasteiger partial charge in [0, 0.05) is 24.6 Å². The van der Waals surface area contributed by atoms with Crippen LogP contribution in [0.1, 0.15) is 58.3 Å². The summed E-state index contributed by atoms with van der Waals surface area (Å²) < 4.78 is 0. The van der Waals surface area contributed by atoms with Crippen molar-refractivity contribution in [3.05, 3.63) is 29.8 Å². The van der Waals surface area contributed by atoms with Crippen LogP contribution < -0.4 is 5.32 Å². The molecular formula is C15H25NO2. The van der Waals surface area contributed by atoms with Crippen molar-refractivity contribution in [2.75, 3.05) is 5.32 Å². The molecule has 0 saturated carbocycles. The predicted molar refractivity (Wildman–Crippen MR) is 78.1 cm³/mol. The zero-order valence-electron chi connectivity index (χ0n) is 12.3. The molecule has 0 aromatic heterocycles. The Kier molecular flexibility index (Phi) is 12.3. The van der Waals surface area contributed by atoms with Gasteiger partial charge in [0.05, 0.1) is 0 Å². The molecule has 1 amide bonds. The summed E-state index contributed by atoms with van der Waals surface area (Å²) in [6.07, 6.45) is 0.499. The number of carbonyl (C=O) groups is 2. The molecule has 1 N–H and O–H groups in total. The highest BCUT2D eigenvalue weighted by Crippen LogP contribution is 2.10. The summed E-state index contributed by atoms with van der Waals surface area (Å²) in [6.45, 7) is 11.3. The summed E-state index contributed by atoms with van der Waals surface area (Å²) in [4.78, 5) is 22.0. The molecule has 0 radical (unpaired) electrons. The van der Waals surface area contributed by atoms with Crippen LogP contribution >= 0.6 is 0 Å². The second-order valence-corrected chi connectivity index (χ2v) is 3.04. The van der Waals surface area contributed by atoms with Gasteiger partial charge in [-0.25, -0.2) is 0 Å². The molecule has 0 heterocycles. The van der Waals surface area contributed by atoms with Crippen LogP contribution in [0.3, 0.4) is 0 Å². The first-order valence-electron chi connectivity index (χ1n) is 6.54. The van der Waals surface area contributed by atoms with Gasteiger partial charge in [0.25, 0.3) is 0 Å². The number of carbonyl (C=O) groups excluding carboxylic acids is 2. The molecule has 0 saturated heterocycles. The highest BCUT2D eigenvalue weighted by Gasteiger charge is 2.02. The SMILES string of the molecule is CC.CC.CCC(=O)c1ccc(NC(C)=O)cc1. The molecule has 1 aromatic carbocycles. The molecule has 1 rings (SSSR count). The van der Waals surface area contributed by atoms with Crippen molar-refractivity contribution in [3.8, 4) is 0 Å². The van der Waals surface area contributed by atoms with E-state index >= 15 is 0 Å². The van der Waals surface area contributed by atoms with Gasteiger partial charge in [0.15, 0.2) is 5.78 Å². The van der Waals surface area contributed by atoms with E-state index in [9.17, 15) is 9.59 Å². The number of hydrogen-bond donors (Lipinski definition) is 1. The molecule has 0 unspecified atom stereocenters. The monoisotopic (exact) mass is 251 g/mol. The highest BCUT2D eigenvalue weighted by molar-refractivity contribution is 5.96. The van der Waals surface area contributed by atoms with E-state index in [1.807, 2.05) is 34.6 Å². The standard InChI is InChI=1S/C11H13NO2.2C2H6/c1-3-11(14)9-4-6-10(7-5-9)12-8(2)13;2*1-2/h4-7H,3H2,1-2H3,(H,12,13);2*1-2H3. The van der Waals surface area contributed by atoms with Gasteiger partial charge in [-0.2, -0.15) is 0 Å². The molecule has 3 nitrogen and oxygen atoms in total. The van der Waals surface area contributed by atoms with Gasteiger partial charge in [-0.15, -0.1) is 0 Å². The van der Waals surface area contributed by atoms with Crippen LogP contribution in [0.15, 0.2) is 24.3 Å². The molecule has 0 aliphatic rings. The van der Waals surface area contributed by atoms with Crippen LogP contribution in [0.2, 0.25) is 0 Å². The number of anilines is 1. The second kappa shape index (κ2) is 11.8. The number of amides is 1. The molecule has 18 heavy (non-hydrogen) atoms. The molecule has 0 bridgehead atoms. The molecule has 3 heteroatoms. The molecule has 102 valence electrons. The van der Waals surface area contributed by atoms with E-state index in [2.05, 4.69) is 5.32 Å². The van der Waals surface area contributed by atoms with Crippen molar-refractivity contribution in [1.29, 1.82) is 0 Å². The lowest BCUT2D eigenvalue weighted by atomic mass is 10.1. The van der Waals surface area contributed by atoms with Crippen LogP contribution in [-0.4, -0.2) is 11.7 Å². The van der Waals surface area contributed by atoms with E-state index in [-0.39, 0.29) is 11.7 Å². The maximum Gasteiger partial charge on any atom is 0.221 e. The van der Waals surface area contributed by atoms with Gasteiger partial charge in [0.2, 0.25) is 5.91 Å². The first kappa shape index (κ1) is 18.7. The zero-order valence-corrected chi connectivity index (χ0v) is 12.3. The Hall–Kier alpha value is -1.64. The van der Waals surface area contributed by atoms with Crippen LogP contribution in [-0.2, 0) is 4.79 Å². The number of hydrogen-bond acceptors (Lipinski definition) is 2. The van der Waals surface area contributed by atoms with Crippen molar-refractivity contribution < 1.29 is 9.59 Å². The van der Waals surface area contributed by atoms with Gasteiger partial charge in [-0.3, -0.25) is 9.59 Å². The quantitative estimate of drug-likeness (QED) is 0.814. The largest absolute Gasteiger partial charge is 0.326 e. The lowest BCUT2D eigenvalue weighted by Gasteiger charge is -2.02. The Labute approximate surface area is 111 Å². The van der Waals surface area contributed by atoms with Crippen molar-refractivity contribution in [2.24, 2.45) is 0 Å². The Morgan fingerprint density at radius 2 is 1.44 bits per heavy atom. The summed E-state index contributed by atoms with van der Waals surface area (Å²) in [5, 5.41) is 2.64. The molecule has 1 aromatic rings. The van der Waals surface area contributed by atoms with Gasteiger partial charge >= 0.3 is 0 Å². The number of benzene rings is 1. The van der Waals surface area contributed by atoms with Crippen LogP contribution in [0.25, 0.3) is 0 Å². The number of nitrogens with one attached hydrogen (secondary N) is 1. The Morgan fingerprint density at radius 1 is 1.00 bits per heavy atom. The number of rotatable bonds is 3. The summed E-state index contributed by atoms with van der Waals surface area (Å²) in [7, 11) is 0. The third kappa shape index (κ3) is 7.60. The van der Waals surface area contributed by atoms with E-state index in [4.69, 9.17) is 0 Å². The molecule has 0 aliphatic carbocycles. The van der Waals surface area contributed by atoms with Gasteiger partial charge in [0.1, 0.15) is 0 Å². The maximum absolute atomic E-state index is 11.3. The molecular weight excluding hydrogens is 226 g/mol. The smallest absolute Gasteiger partial charge is 0.221 e. The molecule has 0 spiro atoms. The second-order valence-electron chi connectivity index (χ2n) is 3.04. The van der Waals surface area contributed by atoms with E-state index in [1.54, 1.807) is 24.3 Å². The minimum absolute atomic E-state index is 0.111. The van der Waals surface area contributed by atoms with Gasteiger partial charge < -0.3 is 5.32 Å². The van der Waals surface area contributed by atoms with Crippen LogP contribution in [0, 0.1) is 0 Å². The topological polar surface area (TPSA) is 46.2 Å². The fourth-order valence-corrected chi connectivity index (χ4v) is 1.15. The Balaban J connectivity index is 0. The maximum atomic E-state index is 11.3. The predicted octanol–water partition coefficient (Wildman–Crippen LogP) is 4.29. The third-order valence-corrected chi connectivity index (χ3v) is 1.85. The number of ketones is 1. The molecule has 0 aliphatic heterocycles. The third-order valence-electron chi connectivity index (χ3n) is 1.85. The average Bonchev–Trinajstić information content (AvgIpc) is 2.42. The minimum Gasteiger partial charge on any atom is -0.326 e. The average molecular weight is 251 g/mol. The van der Waals surface area contributed by atoms with E-state index in [0.717, 1.165) is 0 Å². The van der Waals surface area contributed by atoms with E-state index in [0.29, 0.717) is 17.7 Å². The lowest BCUT2D eigenvalue weighted by Crippen LogP contribution is -2.06. The Bertz CT molecular complexity index is 342. The van der Waals surface area contributed by atoms with Crippen molar-refractivity contribution in [2.45, 2.75) is 48.0 Å². The van der Waals surface area contributed by atoms with E-state index < -0.39 is 0 Å². The van der Waals surface area contributed by atoms with E-state index in [1.165, 1.54) is 6.92 Å². The fraction of sp³-hybridized carbons (Fsp3) is 0.467. The summed E-state index contributed by atoms with van der Waals surface area (Å²) in [6, 6.07) is 6.89. The van der Waals surface area contributed by atoms with Crippen molar-refractivity contribution in [1.82, 2.24) is 0 Å². The highest BCUT2D eigenvalue weighted by atomic mass is 16.1. The van der Waals surface area contributed by atoms with Gasteiger partial charge in [-0.1, -0.05) is 34.6 Å². The summed E-state index contributed by atoms with van der Waals surface area (Å²) in [5.74, 6) is -0.000979. The summed E-state index contributed by atoms with van der Waals surface area (Å²) >= 11 is 0.